The Labute approximate surface area is 87.1 Å². The van der Waals surface area contributed by atoms with Crippen molar-refractivity contribution in [3.63, 3.8) is 0 Å². The van der Waals surface area contributed by atoms with Crippen LogP contribution in [0, 0.1) is 0 Å². The summed E-state index contributed by atoms with van der Waals surface area (Å²) in [5, 5.41) is 12.0. The molecule has 0 bridgehead atoms. The number of hydrogen-bond acceptors (Lipinski definition) is 4. The van der Waals surface area contributed by atoms with E-state index in [2.05, 4.69) is 17.2 Å². The smallest absolute Gasteiger partial charge is 0.337 e. The molecule has 1 aromatic rings. The van der Waals surface area contributed by atoms with Crippen molar-refractivity contribution >= 4 is 11.8 Å². The van der Waals surface area contributed by atoms with Crippen LogP contribution in [0.15, 0.2) is 12.3 Å². The van der Waals surface area contributed by atoms with Gasteiger partial charge in [-0.25, -0.2) is 9.78 Å². The number of carboxylic acids is 1. The van der Waals surface area contributed by atoms with Crippen molar-refractivity contribution in [1.82, 2.24) is 4.98 Å². The average Bonchev–Trinajstić information content (AvgIpc) is 2.27. The summed E-state index contributed by atoms with van der Waals surface area (Å²) in [5.41, 5.74) is 0.144. The van der Waals surface area contributed by atoms with Gasteiger partial charge in [0.25, 0.3) is 0 Å². The van der Waals surface area contributed by atoms with Crippen LogP contribution in [0.3, 0.4) is 0 Å². The van der Waals surface area contributed by atoms with Crippen molar-refractivity contribution in [2.75, 3.05) is 11.9 Å². The predicted molar refractivity (Wildman–Crippen MR) is 54.4 cm³/mol. The van der Waals surface area contributed by atoms with E-state index < -0.39 is 5.97 Å². The van der Waals surface area contributed by atoms with Gasteiger partial charge in [0.05, 0.1) is 11.6 Å². The quantitative estimate of drug-likeness (QED) is 0.767. The summed E-state index contributed by atoms with van der Waals surface area (Å²) in [7, 11) is 0. The molecule has 0 saturated carbocycles. The highest BCUT2D eigenvalue weighted by Gasteiger charge is 2.19. The third-order valence-electron chi connectivity index (χ3n) is 2.37. The van der Waals surface area contributed by atoms with Crippen molar-refractivity contribution in [2.24, 2.45) is 0 Å². The Morgan fingerprint density at radius 1 is 1.80 bits per heavy atom. The number of aromatic carboxylic acids is 1. The van der Waals surface area contributed by atoms with E-state index in [1.54, 1.807) is 0 Å². The van der Waals surface area contributed by atoms with Crippen LogP contribution in [0.4, 0.5) is 5.82 Å². The average molecular weight is 208 g/mol. The summed E-state index contributed by atoms with van der Waals surface area (Å²) in [6.07, 6.45) is 2.28. The summed E-state index contributed by atoms with van der Waals surface area (Å²) in [6, 6.07) is 1.74. The maximum atomic E-state index is 10.7. The van der Waals surface area contributed by atoms with Gasteiger partial charge in [-0.05, 0) is 6.42 Å². The fourth-order valence-corrected chi connectivity index (χ4v) is 1.43. The van der Waals surface area contributed by atoms with Gasteiger partial charge in [0.15, 0.2) is 11.6 Å². The van der Waals surface area contributed by atoms with Crippen molar-refractivity contribution in [2.45, 2.75) is 19.4 Å². The largest absolute Gasteiger partial charge is 0.488 e. The number of aromatic nitrogens is 1. The third-order valence-corrected chi connectivity index (χ3v) is 2.37. The van der Waals surface area contributed by atoms with Gasteiger partial charge in [0, 0.05) is 12.3 Å². The molecule has 0 fully saturated rings. The highest BCUT2D eigenvalue weighted by atomic mass is 16.5. The fraction of sp³-hybridized carbons (Fsp3) is 0.400. The summed E-state index contributed by atoms with van der Waals surface area (Å²) < 4.78 is 5.43. The lowest BCUT2D eigenvalue weighted by Crippen LogP contribution is -2.31. The number of pyridine rings is 1. The van der Waals surface area contributed by atoms with Crippen molar-refractivity contribution in [3.8, 4) is 5.75 Å². The Kier molecular flexibility index (Phi) is 2.45. The molecule has 15 heavy (non-hydrogen) atoms. The number of rotatable bonds is 2. The van der Waals surface area contributed by atoms with Crippen LogP contribution in [0.25, 0.3) is 0 Å². The maximum absolute atomic E-state index is 10.7. The lowest BCUT2D eigenvalue weighted by molar-refractivity contribution is 0.0696. The van der Waals surface area contributed by atoms with Gasteiger partial charge in [-0.1, -0.05) is 6.92 Å². The van der Waals surface area contributed by atoms with Crippen molar-refractivity contribution in [3.05, 3.63) is 17.8 Å². The van der Waals surface area contributed by atoms with Gasteiger partial charge in [0.2, 0.25) is 0 Å². The Morgan fingerprint density at radius 2 is 2.60 bits per heavy atom. The second-order valence-electron chi connectivity index (χ2n) is 3.44. The van der Waals surface area contributed by atoms with Gasteiger partial charge in [0.1, 0.15) is 6.61 Å². The minimum Gasteiger partial charge on any atom is -0.488 e. The van der Waals surface area contributed by atoms with Gasteiger partial charge in [-0.2, -0.15) is 0 Å². The molecule has 0 unspecified atom stereocenters. The first-order chi connectivity index (χ1) is 7.20. The molecule has 2 rings (SSSR count). The van der Waals surface area contributed by atoms with Crippen LogP contribution in [0.2, 0.25) is 0 Å². The number of nitrogens with one attached hydrogen (secondary N) is 1. The third kappa shape index (κ3) is 1.86. The van der Waals surface area contributed by atoms with E-state index in [-0.39, 0.29) is 11.6 Å². The zero-order valence-electron chi connectivity index (χ0n) is 8.36. The van der Waals surface area contributed by atoms with Gasteiger partial charge < -0.3 is 15.2 Å². The second kappa shape index (κ2) is 3.76. The zero-order valence-corrected chi connectivity index (χ0v) is 8.36. The molecule has 0 radical (unpaired) electrons. The number of anilines is 1. The molecule has 0 spiro atoms. The molecule has 0 aromatic carbocycles. The Bertz CT molecular complexity index is 392. The molecule has 2 N–H and O–H groups in total. The fourth-order valence-electron chi connectivity index (χ4n) is 1.43. The van der Waals surface area contributed by atoms with E-state index in [1.165, 1.54) is 12.3 Å². The van der Waals surface area contributed by atoms with Gasteiger partial charge >= 0.3 is 5.97 Å². The van der Waals surface area contributed by atoms with E-state index in [1.807, 2.05) is 0 Å². The molecule has 0 aliphatic carbocycles. The number of ether oxygens (including phenoxy) is 1. The molecular formula is C10H12N2O3. The minimum absolute atomic E-state index is 0.144. The first-order valence-electron chi connectivity index (χ1n) is 4.83. The number of nitrogens with zero attached hydrogens (tertiary/aromatic N) is 1. The topological polar surface area (TPSA) is 71.5 Å². The lowest BCUT2D eigenvalue weighted by atomic mass is 10.2. The maximum Gasteiger partial charge on any atom is 0.337 e. The Morgan fingerprint density at radius 3 is 3.27 bits per heavy atom. The summed E-state index contributed by atoms with van der Waals surface area (Å²) in [6.45, 7) is 2.60. The minimum atomic E-state index is -0.994. The first kappa shape index (κ1) is 9.76. The molecule has 2 heterocycles. The predicted octanol–water partition coefficient (Wildman–Crippen LogP) is 1.36. The van der Waals surface area contributed by atoms with Crippen LogP contribution in [0.5, 0.6) is 5.75 Å². The molecule has 0 saturated heterocycles. The molecule has 5 nitrogen and oxygen atoms in total. The number of carboxylic acid groups (broad SMARTS) is 1. The van der Waals surface area contributed by atoms with E-state index in [0.717, 1.165) is 6.42 Å². The molecule has 5 heteroatoms. The zero-order chi connectivity index (χ0) is 10.8. The highest BCUT2D eigenvalue weighted by molar-refractivity contribution is 5.88. The van der Waals surface area contributed by atoms with Crippen LogP contribution in [-0.4, -0.2) is 28.7 Å². The van der Waals surface area contributed by atoms with Crippen LogP contribution in [-0.2, 0) is 0 Å². The molecule has 0 amide bonds. The first-order valence-corrected chi connectivity index (χ1v) is 4.83. The van der Waals surface area contributed by atoms with E-state index >= 15 is 0 Å². The van der Waals surface area contributed by atoms with Crippen molar-refractivity contribution < 1.29 is 14.6 Å². The SMILES string of the molecule is CC[C@H]1COc2cc(C(=O)O)cnc2N1. The molecule has 1 aliphatic heterocycles. The van der Waals surface area contributed by atoms with Crippen LogP contribution < -0.4 is 10.1 Å². The molecule has 1 aliphatic rings. The number of hydrogen-bond donors (Lipinski definition) is 2. The van der Waals surface area contributed by atoms with Gasteiger partial charge in [-0.15, -0.1) is 0 Å². The van der Waals surface area contributed by atoms with Crippen molar-refractivity contribution in [1.29, 1.82) is 0 Å². The number of carbonyl (C=O) groups is 1. The highest BCUT2D eigenvalue weighted by Crippen LogP contribution is 2.27. The van der Waals surface area contributed by atoms with Crippen LogP contribution >= 0.6 is 0 Å². The Balaban J connectivity index is 2.28. The van der Waals surface area contributed by atoms with E-state index in [9.17, 15) is 4.79 Å². The number of fused-ring (bicyclic) bond motifs is 1. The second-order valence-corrected chi connectivity index (χ2v) is 3.44. The molecule has 1 atom stereocenters. The summed E-state index contributed by atoms with van der Waals surface area (Å²) >= 11 is 0. The molecule has 1 aromatic heterocycles. The monoisotopic (exact) mass is 208 g/mol. The van der Waals surface area contributed by atoms with Gasteiger partial charge in [-0.3, -0.25) is 0 Å². The summed E-state index contributed by atoms with van der Waals surface area (Å²) in [4.78, 5) is 14.7. The van der Waals surface area contributed by atoms with E-state index in [0.29, 0.717) is 18.2 Å². The molecule has 80 valence electrons. The summed E-state index contributed by atoms with van der Waals surface area (Å²) in [5.74, 6) is 0.143. The normalized spacial score (nSPS) is 18.6. The Hall–Kier alpha value is -1.78. The lowest BCUT2D eigenvalue weighted by Gasteiger charge is -2.25. The standard InChI is InChI=1S/C10H12N2O3/c1-2-7-5-15-8-3-6(10(13)14)4-11-9(8)12-7/h3-4,7H,2,5H2,1H3,(H,11,12)(H,13,14)/t7-/m0/s1. The van der Waals surface area contributed by atoms with Crippen LogP contribution in [0.1, 0.15) is 23.7 Å². The molecular weight excluding hydrogens is 196 g/mol. The van der Waals surface area contributed by atoms with E-state index in [4.69, 9.17) is 9.84 Å².